The molecule has 1 N–H and O–H groups in total. The van der Waals surface area contributed by atoms with E-state index < -0.39 is 5.97 Å². The summed E-state index contributed by atoms with van der Waals surface area (Å²) in [6, 6.07) is 0. The summed E-state index contributed by atoms with van der Waals surface area (Å²) < 4.78 is 0. The normalized spacial score (nSPS) is 17.2. The van der Waals surface area contributed by atoms with Gasteiger partial charge in [0.1, 0.15) is 0 Å². The molecule has 0 aromatic heterocycles. The van der Waals surface area contributed by atoms with Crippen LogP contribution in [0.2, 0.25) is 0 Å². The van der Waals surface area contributed by atoms with Crippen molar-refractivity contribution >= 4 is 22.8 Å². The van der Waals surface area contributed by atoms with Crippen molar-refractivity contribution in [2.75, 3.05) is 5.75 Å². The first-order valence-electron chi connectivity index (χ1n) is 2.78. The summed E-state index contributed by atoms with van der Waals surface area (Å²) in [7, 11) is 0. The van der Waals surface area contributed by atoms with E-state index in [9.17, 15) is 9.59 Å². The summed E-state index contributed by atoms with van der Waals surface area (Å²) in [4.78, 5) is 20.8. The molecule has 3 nitrogen and oxygen atoms in total. The van der Waals surface area contributed by atoms with Crippen molar-refractivity contribution in [1.82, 2.24) is 0 Å². The molecule has 0 bridgehead atoms. The van der Waals surface area contributed by atoms with E-state index in [0.29, 0.717) is 11.3 Å². The first-order valence-corrected chi connectivity index (χ1v) is 3.76. The fourth-order valence-corrected chi connectivity index (χ4v) is 1.48. The standard InChI is InChI=1S/C6H6O3S/c7-5(8)3-4-1-2-10-6(4)9/h1H,2-3H2,(H,7,8). The Hall–Kier alpha value is -0.770. The van der Waals surface area contributed by atoms with E-state index in [2.05, 4.69) is 0 Å². The van der Waals surface area contributed by atoms with Crippen LogP contribution in [-0.4, -0.2) is 21.9 Å². The van der Waals surface area contributed by atoms with Gasteiger partial charge in [-0.3, -0.25) is 9.59 Å². The molecular formula is C6H6O3S. The van der Waals surface area contributed by atoms with E-state index in [1.165, 1.54) is 0 Å². The highest BCUT2D eigenvalue weighted by atomic mass is 32.2. The zero-order valence-electron chi connectivity index (χ0n) is 5.16. The average molecular weight is 158 g/mol. The number of carboxylic acid groups (broad SMARTS) is 1. The van der Waals surface area contributed by atoms with Gasteiger partial charge in [0.05, 0.1) is 6.42 Å². The molecule has 1 rings (SSSR count). The summed E-state index contributed by atoms with van der Waals surface area (Å²) in [6.07, 6.45) is 1.53. The van der Waals surface area contributed by atoms with Crippen LogP contribution < -0.4 is 0 Å². The van der Waals surface area contributed by atoms with E-state index in [1.807, 2.05) is 0 Å². The van der Waals surface area contributed by atoms with Crippen LogP contribution in [0.15, 0.2) is 11.6 Å². The Balaban J connectivity index is 2.56. The van der Waals surface area contributed by atoms with Gasteiger partial charge in [-0.1, -0.05) is 17.8 Å². The van der Waals surface area contributed by atoms with Gasteiger partial charge in [0.2, 0.25) is 5.12 Å². The van der Waals surface area contributed by atoms with Gasteiger partial charge in [0, 0.05) is 11.3 Å². The van der Waals surface area contributed by atoms with Crippen LogP contribution in [0, 0.1) is 0 Å². The highest BCUT2D eigenvalue weighted by Gasteiger charge is 2.17. The molecule has 0 aromatic carbocycles. The SMILES string of the molecule is O=C(O)CC1=CCSC1=O. The molecule has 0 spiro atoms. The third kappa shape index (κ3) is 1.60. The lowest BCUT2D eigenvalue weighted by Gasteiger charge is -1.91. The van der Waals surface area contributed by atoms with E-state index in [4.69, 9.17) is 5.11 Å². The second-order valence-corrected chi connectivity index (χ2v) is 2.89. The number of thioether (sulfide) groups is 1. The molecular weight excluding hydrogens is 152 g/mol. The molecule has 10 heavy (non-hydrogen) atoms. The van der Waals surface area contributed by atoms with Crippen molar-refractivity contribution in [2.24, 2.45) is 0 Å². The lowest BCUT2D eigenvalue weighted by molar-refractivity contribution is -0.136. The molecule has 54 valence electrons. The smallest absolute Gasteiger partial charge is 0.307 e. The maximum absolute atomic E-state index is 10.7. The molecule has 0 amide bonds. The van der Waals surface area contributed by atoms with Crippen LogP contribution in [0.4, 0.5) is 0 Å². The third-order valence-electron chi connectivity index (χ3n) is 1.15. The number of carbonyl (C=O) groups is 2. The van der Waals surface area contributed by atoms with Gasteiger partial charge in [0.15, 0.2) is 0 Å². The third-order valence-corrected chi connectivity index (χ3v) is 2.01. The maximum atomic E-state index is 10.7. The minimum absolute atomic E-state index is 0.0950. The summed E-state index contributed by atoms with van der Waals surface area (Å²) in [5, 5.41) is 8.19. The van der Waals surface area contributed by atoms with E-state index >= 15 is 0 Å². The monoisotopic (exact) mass is 158 g/mol. The van der Waals surface area contributed by atoms with Crippen molar-refractivity contribution in [3.05, 3.63) is 11.6 Å². The molecule has 0 saturated heterocycles. The lowest BCUT2D eigenvalue weighted by Crippen LogP contribution is -2.00. The Morgan fingerprint density at radius 3 is 2.90 bits per heavy atom. The van der Waals surface area contributed by atoms with Crippen LogP contribution in [0.3, 0.4) is 0 Å². The average Bonchev–Trinajstić information content (AvgIpc) is 2.15. The maximum Gasteiger partial charge on any atom is 0.307 e. The van der Waals surface area contributed by atoms with Crippen LogP contribution in [0.25, 0.3) is 0 Å². The van der Waals surface area contributed by atoms with Crippen molar-refractivity contribution in [3.63, 3.8) is 0 Å². The van der Waals surface area contributed by atoms with Crippen LogP contribution in [-0.2, 0) is 9.59 Å². The fraction of sp³-hybridized carbons (Fsp3) is 0.333. The first-order chi connectivity index (χ1) is 4.70. The first kappa shape index (κ1) is 7.34. The Bertz CT molecular complexity index is 207. The Morgan fingerprint density at radius 1 is 1.80 bits per heavy atom. The van der Waals surface area contributed by atoms with Crippen molar-refractivity contribution in [1.29, 1.82) is 0 Å². The van der Waals surface area contributed by atoms with Crippen LogP contribution in [0.1, 0.15) is 6.42 Å². The number of hydrogen-bond donors (Lipinski definition) is 1. The number of carboxylic acids is 1. The molecule has 1 aliphatic heterocycles. The van der Waals surface area contributed by atoms with Gasteiger partial charge >= 0.3 is 5.97 Å². The molecule has 0 aromatic rings. The van der Waals surface area contributed by atoms with Gasteiger partial charge < -0.3 is 5.11 Å². The van der Waals surface area contributed by atoms with E-state index in [0.717, 1.165) is 11.8 Å². The molecule has 0 fully saturated rings. The number of aliphatic carboxylic acids is 1. The molecule has 0 unspecified atom stereocenters. The predicted octanol–water partition coefficient (Wildman–Crippen LogP) is 0.661. The summed E-state index contributed by atoms with van der Waals surface area (Å²) in [6.45, 7) is 0. The second kappa shape index (κ2) is 2.88. The van der Waals surface area contributed by atoms with Gasteiger partial charge in [-0.05, 0) is 0 Å². The van der Waals surface area contributed by atoms with Gasteiger partial charge in [0.25, 0.3) is 0 Å². The fourth-order valence-electron chi connectivity index (χ4n) is 0.701. The highest BCUT2D eigenvalue weighted by Crippen LogP contribution is 2.21. The van der Waals surface area contributed by atoms with Crippen molar-refractivity contribution in [2.45, 2.75) is 6.42 Å². The topological polar surface area (TPSA) is 54.4 Å². The van der Waals surface area contributed by atoms with E-state index in [1.54, 1.807) is 6.08 Å². The Kier molecular flexibility index (Phi) is 2.11. The summed E-state index contributed by atoms with van der Waals surface area (Å²) in [5.74, 6) is -0.316. The van der Waals surface area contributed by atoms with Crippen LogP contribution >= 0.6 is 11.8 Å². The Morgan fingerprint density at radius 2 is 2.50 bits per heavy atom. The minimum atomic E-state index is -0.943. The molecule has 0 aliphatic carbocycles. The van der Waals surface area contributed by atoms with Crippen molar-refractivity contribution in [3.8, 4) is 0 Å². The molecule has 0 radical (unpaired) electrons. The number of rotatable bonds is 2. The van der Waals surface area contributed by atoms with Gasteiger partial charge in [-0.15, -0.1) is 0 Å². The molecule has 4 heteroatoms. The van der Waals surface area contributed by atoms with Gasteiger partial charge in [-0.2, -0.15) is 0 Å². The zero-order valence-corrected chi connectivity index (χ0v) is 5.98. The van der Waals surface area contributed by atoms with Crippen molar-refractivity contribution < 1.29 is 14.7 Å². The number of carbonyl (C=O) groups excluding carboxylic acids is 1. The summed E-state index contributed by atoms with van der Waals surface area (Å²) >= 11 is 1.15. The minimum Gasteiger partial charge on any atom is -0.481 e. The van der Waals surface area contributed by atoms with E-state index in [-0.39, 0.29) is 11.5 Å². The quantitative estimate of drug-likeness (QED) is 0.641. The summed E-state index contributed by atoms with van der Waals surface area (Å²) in [5.41, 5.74) is 0.428. The molecule has 1 heterocycles. The Labute approximate surface area is 62.1 Å². The van der Waals surface area contributed by atoms with Gasteiger partial charge in [-0.25, -0.2) is 0 Å². The second-order valence-electron chi connectivity index (χ2n) is 1.90. The van der Waals surface area contributed by atoms with Crippen LogP contribution in [0.5, 0.6) is 0 Å². The molecule has 0 saturated carbocycles. The number of hydrogen-bond acceptors (Lipinski definition) is 3. The zero-order chi connectivity index (χ0) is 7.56. The highest BCUT2D eigenvalue weighted by molar-refractivity contribution is 8.14. The largest absolute Gasteiger partial charge is 0.481 e. The molecule has 0 atom stereocenters. The predicted molar refractivity (Wildman–Crippen MR) is 37.8 cm³/mol. The lowest BCUT2D eigenvalue weighted by atomic mass is 10.2. The molecule has 1 aliphatic rings.